The van der Waals surface area contributed by atoms with Crippen LogP contribution in [0.1, 0.15) is 15.9 Å². The smallest absolute Gasteiger partial charge is 0.193 e. The zero-order valence-corrected chi connectivity index (χ0v) is 12.9. The molecule has 0 spiro atoms. The lowest BCUT2D eigenvalue weighted by Crippen LogP contribution is -2.00. The van der Waals surface area contributed by atoms with Gasteiger partial charge < -0.3 is 0 Å². The van der Waals surface area contributed by atoms with E-state index >= 15 is 0 Å². The molecule has 2 heteroatoms. The maximum absolute atomic E-state index is 12.5. The first-order chi connectivity index (χ1) is 10.2. The molecule has 0 N–H and O–H groups in total. The summed E-state index contributed by atoms with van der Waals surface area (Å²) >= 11 is 3.48. The van der Waals surface area contributed by atoms with Crippen LogP contribution in [-0.4, -0.2) is 5.78 Å². The van der Waals surface area contributed by atoms with Crippen molar-refractivity contribution in [2.75, 3.05) is 0 Å². The number of ketones is 1. The van der Waals surface area contributed by atoms with Crippen LogP contribution in [0, 0.1) is 0 Å². The Bertz CT molecular complexity index is 778. The topological polar surface area (TPSA) is 17.1 Å². The molecular weight excluding hydrogens is 324 g/mol. The van der Waals surface area contributed by atoms with Gasteiger partial charge >= 0.3 is 0 Å². The predicted octanol–water partition coefficient (Wildman–Crippen LogP) is 5.35. The quantitative estimate of drug-likeness (QED) is 0.589. The first-order valence-electron chi connectivity index (χ1n) is 6.70. The van der Waals surface area contributed by atoms with Crippen LogP contribution in [0.2, 0.25) is 0 Å². The number of hydrogen-bond donors (Lipinski definition) is 0. The third-order valence-corrected chi connectivity index (χ3v) is 3.81. The van der Waals surface area contributed by atoms with Crippen LogP contribution in [-0.2, 0) is 0 Å². The second kappa shape index (κ2) is 6.06. The molecule has 0 aliphatic rings. The number of benzene rings is 3. The van der Waals surface area contributed by atoms with E-state index < -0.39 is 0 Å². The van der Waals surface area contributed by atoms with Crippen LogP contribution in [0.5, 0.6) is 0 Å². The van der Waals surface area contributed by atoms with Crippen LogP contribution in [0.4, 0.5) is 0 Å². The minimum absolute atomic E-state index is 0.0486. The van der Waals surface area contributed by atoms with Gasteiger partial charge in [0.25, 0.3) is 0 Å². The van der Waals surface area contributed by atoms with E-state index in [1.54, 1.807) is 0 Å². The van der Waals surface area contributed by atoms with Crippen molar-refractivity contribution in [2.45, 2.75) is 0 Å². The monoisotopic (exact) mass is 336 g/mol. The molecule has 3 rings (SSSR count). The van der Waals surface area contributed by atoms with E-state index in [1.165, 1.54) is 0 Å². The Hall–Kier alpha value is -2.19. The Morgan fingerprint density at radius 2 is 1.29 bits per heavy atom. The predicted molar refractivity (Wildman–Crippen MR) is 89.5 cm³/mol. The molecule has 3 aromatic rings. The lowest BCUT2D eigenvalue weighted by atomic mass is 9.98. The summed E-state index contributed by atoms with van der Waals surface area (Å²) in [6, 6.07) is 25.2. The van der Waals surface area contributed by atoms with Crippen molar-refractivity contribution in [3.05, 3.63) is 94.5 Å². The van der Waals surface area contributed by atoms with Gasteiger partial charge in [-0.05, 0) is 29.3 Å². The molecular formula is C19H13BrO. The second-order valence-corrected chi connectivity index (χ2v) is 5.70. The third kappa shape index (κ3) is 3.11. The molecule has 0 radical (unpaired) electrons. The molecule has 0 saturated carbocycles. The lowest BCUT2D eigenvalue weighted by Gasteiger charge is -2.06. The standard InChI is InChI=1S/C19H13BrO/c20-18-11-5-9-16(13-18)15-8-4-10-17(12-15)19(21)14-6-2-1-3-7-14/h1-13H. The Balaban J connectivity index is 1.99. The molecule has 1 nitrogen and oxygen atoms in total. The fourth-order valence-corrected chi connectivity index (χ4v) is 2.66. The average Bonchev–Trinajstić information content (AvgIpc) is 2.55. The first-order valence-corrected chi connectivity index (χ1v) is 7.49. The van der Waals surface area contributed by atoms with E-state index in [0.717, 1.165) is 15.6 Å². The summed E-state index contributed by atoms with van der Waals surface area (Å²) in [6.07, 6.45) is 0. The molecule has 0 heterocycles. The van der Waals surface area contributed by atoms with Crippen molar-refractivity contribution in [3.8, 4) is 11.1 Å². The maximum Gasteiger partial charge on any atom is 0.193 e. The zero-order chi connectivity index (χ0) is 14.7. The zero-order valence-electron chi connectivity index (χ0n) is 11.3. The van der Waals surface area contributed by atoms with Crippen LogP contribution in [0.15, 0.2) is 83.3 Å². The van der Waals surface area contributed by atoms with Crippen molar-refractivity contribution >= 4 is 21.7 Å². The molecule has 0 aliphatic carbocycles. The molecule has 0 aliphatic heterocycles. The minimum atomic E-state index is 0.0486. The number of rotatable bonds is 3. The summed E-state index contributed by atoms with van der Waals surface area (Å²) in [5.41, 5.74) is 3.55. The van der Waals surface area contributed by atoms with Crippen LogP contribution >= 0.6 is 15.9 Å². The summed E-state index contributed by atoms with van der Waals surface area (Å²) in [4.78, 5) is 12.5. The van der Waals surface area contributed by atoms with Crippen molar-refractivity contribution in [1.29, 1.82) is 0 Å². The average molecular weight is 337 g/mol. The third-order valence-electron chi connectivity index (χ3n) is 3.32. The summed E-state index contributed by atoms with van der Waals surface area (Å²) in [5, 5.41) is 0. The van der Waals surface area contributed by atoms with E-state index in [0.29, 0.717) is 11.1 Å². The highest BCUT2D eigenvalue weighted by atomic mass is 79.9. The largest absolute Gasteiger partial charge is 0.289 e. The van der Waals surface area contributed by atoms with Gasteiger partial charge in [-0.3, -0.25) is 4.79 Å². The number of halogens is 1. The Morgan fingerprint density at radius 1 is 0.667 bits per heavy atom. The summed E-state index contributed by atoms with van der Waals surface area (Å²) in [7, 11) is 0. The van der Waals surface area contributed by atoms with Gasteiger partial charge in [-0.25, -0.2) is 0 Å². The molecule has 0 aromatic heterocycles. The Labute approximate surface area is 132 Å². The van der Waals surface area contributed by atoms with Gasteiger partial charge in [-0.15, -0.1) is 0 Å². The van der Waals surface area contributed by atoms with Gasteiger partial charge in [0, 0.05) is 15.6 Å². The fraction of sp³-hybridized carbons (Fsp3) is 0. The summed E-state index contributed by atoms with van der Waals surface area (Å²) in [6.45, 7) is 0. The molecule has 21 heavy (non-hydrogen) atoms. The number of carbonyl (C=O) groups excluding carboxylic acids is 1. The molecule has 0 fully saturated rings. The van der Waals surface area contributed by atoms with Crippen molar-refractivity contribution in [1.82, 2.24) is 0 Å². The molecule has 102 valence electrons. The van der Waals surface area contributed by atoms with Crippen LogP contribution < -0.4 is 0 Å². The first kappa shape index (κ1) is 13.8. The molecule has 3 aromatic carbocycles. The lowest BCUT2D eigenvalue weighted by molar-refractivity contribution is 0.103. The molecule has 0 amide bonds. The highest BCUT2D eigenvalue weighted by Gasteiger charge is 2.09. The Kier molecular flexibility index (Phi) is 3.98. The van der Waals surface area contributed by atoms with Crippen molar-refractivity contribution < 1.29 is 4.79 Å². The number of hydrogen-bond acceptors (Lipinski definition) is 1. The summed E-state index contributed by atoms with van der Waals surface area (Å²) < 4.78 is 1.03. The van der Waals surface area contributed by atoms with E-state index in [-0.39, 0.29) is 5.78 Å². The van der Waals surface area contributed by atoms with E-state index in [9.17, 15) is 4.79 Å². The minimum Gasteiger partial charge on any atom is -0.289 e. The molecule has 0 atom stereocenters. The highest BCUT2D eigenvalue weighted by Crippen LogP contribution is 2.24. The number of carbonyl (C=O) groups is 1. The van der Waals surface area contributed by atoms with Crippen LogP contribution in [0.3, 0.4) is 0 Å². The molecule has 0 bridgehead atoms. The second-order valence-electron chi connectivity index (χ2n) is 4.79. The van der Waals surface area contributed by atoms with E-state index in [4.69, 9.17) is 0 Å². The normalized spacial score (nSPS) is 10.3. The van der Waals surface area contributed by atoms with Gasteiger partial charge in [0.05, 0.1) is 0 Å². The van der Waals surface area contributed by atoms with Gasteiger partial charge in [0.15, 0.2) is 5.78 Å². The van der Waals surface area contributed by atoms with E-state index in [1.807, 2.05) is 78.9 Å². The SMILES string of the molecule is O=C(c1ccccc1)c1cccc(-c2cccc(Br)c2)c1. The molecule has 0 unspecified atom stereocenters. The van der Waals surface area contributed by atoms with Crippen molar-refractivity contribution in [2.24, 2.45) is 0 Å². The van der Waals surface area contributed by atoms with Gasteiger partial charge in [-0.1, -0.05) is 76.6 Å². The van der Waals surface area contributed by atoms with Crippen LogP contribution in [0.25, 0.3) is 11.1 Å². The van der Waals surface area contributed by atoms with Gasteiger partial charge in [0.2, 0.25) is 0 Å². The highest BCUT2D eigenvalue weighted by molar-refractivity contribution is 9.10. The van der Waals surface area contributed by atoms with Gasteiger partial charge in [0.1, 0.15) is 0 Å². The summed E-state index contributed by atoms with van der Waals surface area (Å²) in [5.74, 6) is 0.0486. The van der Waals surface area contributed by atoms with Crippen molar-refractivity contribution in [3.63, 3.8) is 0 Å². The molecule has 0 saturated heterocycles. The van der Waals surface area contributed by atoms with E-state index in [2.05, 4.69) is 15.9 Å². The Morgan fingerprint density at radius 3 is 2.00 bits per heavy atom. The maximum atomic E-state index is 12.5. The van der Waals surface area contributed by atoms with Gasteiger partial charge in [-0.2, -0.15) is 0 Å². The fourth-order valence-electron chi connectivity index (χ4n) is 2.26.